The summed E-state index contributed by atoms with van der Waals surface area (Å²) in [6.45, 7) is 4.83. The molecule has 2 aliphatic heterocycles. The highest BCUT2D eigenvalue weighted by Gasteiger charge is 2.43. The van der Waals surface area contributed by atoms with E-state index in [0.29, 0.717) is 23.3 Å². The zero-order chi connectivity index (χ0) is 24.9. The molecule has 6 rings (SSSR count). The van der Waals surface area contributed by atoms with Crippen molar-refractivity contribution in [2.75, 3.05) is 38.2 Å². The van der Waals surface area contributed by atoms with Crippen molar-refractivity contribution < 1.29 is 17.9 Å². The van der Waals surface area contributed by atoms with Crippen LogP contribution in [0.1, 0.15) is 31.2 Å². The van der Waals surface area contributed by atoms with Crippen LogP contribution >= 0.6 is 0 Å². The first kappa shape index (κ1) is 23.7. The molecule has 0 amide bonds. The summed E-state index contributed by atoms with van der Waals surface area (Å²) in [5.41, 5.74) is 0.791. The number of nitrogens with one attached hydrogen (secondary N) is 1. The Hall–Kier alpha value is -2.72. The average molecular weight is 501 g/mol. The maximum absolute atomic E-state index is 14.0. The summed E-state index contributed by atoms with van der Waals surface area (Å²) in [6, 6.07) is 6.40. The molecule has 2 saturated heterocycles. The van der Waals surface area contributed by atoms with Gasteiger partial charge in [-0.15, -0.1) is 10.2 Å². The van der Waals surface area contributed by atoms with Gasteiger partial charge in [-0.3, -0.25) is 4.68 Å². The van der Waals surface area contributed by atoms with Crippen molar-refractivity contribution in [2.24, 2.45) is 24.8 Å². The van der Waals surface area contributed by atoms with Crippen LogP contribution in [0.4, 0.5) is 19.0 Å². The molecule has 7 nitrogen and oxygen atoms in total. The monoisotopic (exact) mass is 500 g/mol. The molecule has 4 heterocycles. The highest BCUT2D eigenvalue weighted by Crippen LogP contribution is 2.42. The van der Waals surface area contributed by atoms with Gasteiger partial charge in [0, 0.05) is 56.5 Å². The molecular formula is C26H31F3N6O. The van der Waals surface area contributed by atoms with Crippen LogP contribution in [-0.2, 0) is 18.0 Å². The molecule has 1 N–H and O–H groups in total. The Morgan fingerprint density at radius 3 is 2.64 bits per heavy atom. The molecule has 10 heteroatoms. The van der Waals surface area contributed by atoms with E-state index in [2.05, 4.69) is 25.5 Å². The first-order valence-corrected chi connectivity index (χ1v) is 12.8. The third kappa shape index (κ3) is 4.80. The van der Waals surface area contributed by atoms with Gasteiger partial charge in [-0.25, -0.2) is 0 Å². The number of hydrogen-bond acceptors (Lipinski definition) is 6. The Morgan fingerprint density at radius 1 is 1.11 bits per heavy atom. The summed E-state index contributed by atoms with van der Waals surface area (Å²) in [5, 5.41) is 16.5. The number of ether oxygens (including phenoxy) is 1. The van der Waals surface area contributed by atoms with Crippen molar-refractivity contribution in [3.05, 3.63) is 36.0 Å². The van der Waals surface area contributed by atoms with E-state index < -0.39 is 11.7 Å². The number of aromatic nitrogens is 4. The molecule has 3 atom stereocenters. The molecule has 2 aromatic heterocycles. The number of benzene rings is 1. The number of fused-ring (bicyclic) bond motifs is 2. The molecule has 36 heavy (non-hydrogen) atoms. The van der Waals surface area contributed by atoms with Gasteiger partial charge < -0.3 is 15.0 Å². The van der Waals surface area contributed by atoms with E-state index in [0.717, 1.165) is 69.1 Å². The highest BCUT2D eigenvalue weighted by molar-refractivity contribution is 5.83. The molecule has 3 aliphatic rings. The molecule has 1 aromatic carbocycles. The quantitative estimate of drug-likeness (QED) is 0.553. The van der Waals surface area contributed by atoms with Crippen molar-refractivity contribution >= 4 is 16.7 Å². The van der Waals surface area contributed by atoms with E-state index in [-0.39, 0.29) is 17.6 Å². The zero-order valence-corrected chi connectivity index (χ0v) is 20.3. The average Bonchev–Trinajstić information content (AvgIpc) is 3.50. The van der Waals surface area contributed by atoms with Crippen molar-refractivity contribution in [3.63, 3.8) is 0 Å². The molecule has 1 saturated carbocycles. The van der Waals surface area contributed by atoms with Gasteiger partial charge in [-0.1, -0.05) is 6.07 Å². The Labute approximate surface area is 208 Å². The zero-order valence-electron chi connectivity index (χ0n) is 20.3. The standard InChI is InChI=1S/C26H31F3N6O/c1-34-12-20-7-17(4-5-23(20)33-34)24-10-22(26(27,28)29)25(32-31-24)30-21-8-18-13-35(14-19(18)9-21)11-16-3-2-6-36-15-16/h4-5,7,10,12,16,18-19,21H,2-3,6,8-9,11,13-15H2,1H3,(H,30,32)/t16-,18+,19+/m0/s1. The van der Waals surface area contributed by atoms with E-state index in [4.69, 9.17) is 4.74 Å². The van der Waals surface area contributed by atoms with Crippen molar-refractivity contribution in [1.29, 1.82) is 0 Å². The van der Waals surface area contributed by atoms with Gasteiger partial charge in [-0.05, 0) is 61.6 Å². The largest absolute Gasteiger partial charge is 0.420 e. The van der Waals surface area contributed by atoms with Crippen LogP contribution in [0.3, 0.4) is 0 Å². The second-order valence-electron chi connectivity index (χ2n) is 10.7. The first-order valence-electron chi connectivity index (χ1n) is 12.8. The number of nitrogens with zero attached hydrogens (tertiary/aromatic N) is 5. The van der Waals surface area contributed by atoms with Gasteiger partial charge in [0.25, 0.3) is 0 Å². The minimum atomic E-state index is -4.53. The SMILES string of the molecule is Cn1cc2cc(-c3cc(C(F)(F)F)c(NC4C[C@@H]5CN(C[C@@H]6CCCOC6)C[C@H]5C4)nn3)ccc2n1. The van der Waals surface area contributed by atoms with E-state index in [9.17, 15) is 13.2 Å². The lowest BCUT2D eigenvalue weighted by Crippen LogP contribution is -2.33. The van der Waals surface area contributed by atoms with Gasteiger partial charge in [0.15, 0.2) is 5.82 Å². The van der Waals surface area contributed by atoms with E-state index >= 15 is 0 Å². The van der Waals surface area contributed by atoms with Crippen molar-refractivity contribution in [3.8, 4) is 11.3 Å². The second-order valence-corrected chi connectivity index (χ2v) is 10.7. The lowest BCUT2D eigenvalue weighted by molar-refractivity contribution is -0.137. The Bertz CT molecular complexity index is 1220. The third-order valence-corrected chi connectivity index (χ3v) is 7.95. The minimum absolute atomic E-state index is 0.0202. The molecule has 0 spiro atoms. The van der Waals surface area contributed by atoms with Crippen LogP contribution in [0, 0.1) is 17.8 Å². The maximum atomic E-state index is 14.0. The van der Waals surface area contributed by atoms with Crippen LogP contribution in [0.2, 0.25) is 0 Å². The minimum Gasteiger partial charge on any atom is -0.381 e. The van der Waals surface area contributed by atoms with Crippen LogP contribution in [0.25, 0.3) is 22.2 Å². The number of rotatable bonds is 5. The number of alkyl halides is 3. The molecule has 0 radical (unpaired) electrons. The van der Waals surface area contributed by atoms with Gasteiger partial charge in [0.1, 0.15) is 5.56 Å². The van der Waals surface area contributed by atoms with Gasteiger partial charge in [-0.2, -0.15) is 18.3 Å². The van der Waals surface area contributed by atoms with Crippen molar-refractivity contribution in [1.82, 2.24) is 24.9 Å². The summed E-state index contributed by atoms with van der Waals surface area (Å²) in [7, 11) is 1.81. The van der Waals surface area contributed by atoms with E-state index in [1.807, 2.05) is 13.2 Å². The van der Waals surface area contributed by atoms with Crippen LogP contribution in [0.15, 0.2) is 30.5 Å². The summed E-state index contributed by atoms with van der Waals surface area (Å²) in [5.74, 6) is 1.46. The topological polar surface area (TPSA) is 68.1 Å². The Morgan fingerprint density at radius 2 is 1.92 bits per heavy atom. The fourth-order valence-corrected chi connectivity index (χ4v) is 6.34. The summed E-state index contributed by atoms with van der Waals surface area (Å²) in [4.78, 5) is 2.53. The van der Waals surface area contributed by atoms with Crippen molar-refractivity contribution in [2.45, 2.75) is 37.9 Å². The van der Waals surface area contributed by atoms with Gasteiger partial charge in [0.2, 0.25) is 0 Å². The van der Waals surface area contributed by atoms with E-state index in [1.54, 1.807) is 22.9 Å². The maximum Gasteiger partial charge on any atom is 0.420 e. The highest BCUT2D eigenvalue weighted by atomic mass is 19.4. The fourth-order valence-electron chi connectivity index (χ4n) is 6.34. The number of hydrogen-bond donors (Lipinski definition) is 1. The molecule has 1 aliphatic carbocycles. The number of likely N-dealkylation sites (tertiary alicyclic amines) is 1. The molecular weight excluding hydrogens is 469 g/mol. The fraction of sp³-hybridized carbons (Fsp3) is 0.577. The van der Waals surface area contributed by atoms with E-state index in [1.165, 1.54) is 6.42 Å². The number of aryl methyl sites for hydroxylation is 1. The molecule has 0 bridgehead atoms. The predicted molar refractivity (Wildman–Crippen MR) is 130 cm³/mol. The van der Waals surface area contributed by atoms with Crippen LogP contribution < -0.4 is 5.32 Å². The molecule has 192 valence electrons. The summed E-state index contributed by atoms with van der Waals surface area (Å²) >= 11 is 0. The van der Waals surface area contributed by atoms with Gasteiger partial charge >= 0.3 is 6.18 Å². The van der Waals surface area contributed by atoms with Crippen LogP contribution in [0.5, 0.6) is 0 Å². The lowest BCUT2D eigenvalue weighted by atomic mass is 10.0. The lowest BCUT2D eigenvalue weighted by Gasteiger charge is -2.28. The van der Waals surface area contributed by atoms with Gasteiger partial charge in [0.05, 0.1) is 17.8 Å². The molecule has 0 unspecified atom stereocenters. The first-order chi connectivity index (χ1) is 17.3. The Kier molecular flexibility index (Phi) is 6.11. The van der Waals surface area contributed by atoms with Crippen LogP contribution in [-0.4, -0.2) is 63.8 Å². The smallest absolute Gasteiger partial charge is 0.381 e. The Balaban J connectivity index is 1.15. The molecule has 3 fully saturated rings. The second kappa shape index (κ2) is 9.30. The normalized spacial score (nSPS) is 25.5. The number of halogens is 3. The third-order valence-electron chi connectivity index (χ3n) is 7.95. The predicted octanol–water partition coefficient (Wildman–Crippen LogP) is 4.60. The summed E-state index contributed by atoms with van der Waals surface area (Å²) < 4.78 is 49.4. The molecule has 3 aromatic rings. The number of anilines is 1. The summed E-state index contributed by atoms with van der Waals surface area (Å²) in [6.07, 6.45) is 1.38.